The lowest BCUT2D eigenvalue weighted by Gasteiger charge is -2.25. The standard InChI is InChI=1S/C18H29NO/c1-14-6-7-16(12-15(14)2)17(20)13-19-10-5-8-18(3,4)9-11-19/h6-7,12,17,20H,5,8-11,13H2,1-4H3. The normalized spacial score (nSPS) is 21.4. The number of likely N-dealkylation sites (tertiary alicyclic amines) is 1. The van der Waals surface area contributed by atoms with Crippen LogP contribution < -0.4 is 0 Å². The maximum absolute atomic E-state index is 10.5. The fourth-order valence-corrected chi connectivity index (χ4v) is 2.98. The van der Waals surface area contributed by atoms with Crippen molar-refractivity contribution in [3.63, 3.8) is 0 Å². The molecule has 2 nitrogen and oxygen atoms in total. The summed E-state index contributed by atoms with van der Waals surface area (Å²) in [6.07, 6.45) is 3.40. The molecule has 1 N–H and O–H groups in total. The summed E-state index contributed by atoms with van der Waals surface area (Å²) in [5.74, 6) is 0. The monoisotopic (exact) mass is 275 g/mol. The first kappa shape index (κ1) is 15.5. The van der Waals surface area contributed by atoms with Gasteiger partial charge < -0.3 is 10.0 Å². The zero-order chi connectivity index (χ0) is 14.8. The van der Waals surface area contributed by atoms with Gasteiger partial charge >= 0.3 is 0 Å². The summed E-state index contributed by atoms with van der Waals surface area (Å²) in [7, 11) is 0. The summed E-state index contributed by atoms with van der Waals surface area (Å²) in [6, 6.07) is 6.30. The summed E-state index contributed by atoms with van der Waals surface area (Å²) in [4.78, 5) is 2.43. The molecule has 0 saturated carbocycles. The van der Waals surface area contributed by atoms with Crippen molar-refractivity contribution in [1.29, 1.82) is 0 Å². The molecule has 1 heterocycles. The number of benzene rings is 1. The van der Waals surface area contributed by atoms with E-state index in [1.807, 2.05) is 0 Å². The molecule has 1 aliphatic heterocycles. The largest absolute Gasteiger partial charge is 0.387 e. The van der Waals surface area contributed by atoms with Gasteiger partial charge in [-0.25, -0.2) is 0 Å². The van der Waals surface area contributed by atoms with E-state index in [0.717, 1.165) is 25.2 Å². The molecule has 2 rings (SSSR count). The molecule has 112 valence electrons. The van der Waals surface area contributed by atoms with Crippen LogP contribution in [0.5, 0.6) is 0 Å². The molecule has 1 fully saturated rings. The molecule has 0 bridgehead atoms. The highest BCUT2D eigenvalue weighted by atomic mass is 16.3. The molecule has 0 aliphatic carbocycles. The summed E-state index contributed by atoms with van der Waals surface area (Å²) in [5.41, 5.74) is 4.06. The second-order valence-corrected chi connectivity index (χ2v) is 7.18. The van der Waals surface area contributed by atoms with Gasteiger partial charge in [-0.1, -0.05) is 32.0 Å². The fraction of sp³-hybridized carbons (Fsp3) is 0.667. The maximum Gasteiger partial charge on any atom is 0.0917 e. The number of rotatable bonds is 3. The van der Waals surface area contributed by atoms with Crippen molar-refractivity contribution < 1.29 is 5.11 Å². The van der Waals surface area contributed by atoms with E-state index in [1.165, 1.54) is 30.4 Å². The van der Waals surface area contributed by atoms with Crippen LogP contribution in [-0.4, -0.2) is 29.6 Å². The SMILES string of the molecule is Cc1ccc(C(O)CN2CCCC(C)(C)CC2)cc1C. The molecule has 20 heavy (non-hydrogen) atoms. The minimum atomic E-state index is -0.365. The van der Waals surface area contributed by atoms with Gasteiger partial charge in [-0.15, -0.1) is 0 Å². The Bertz CT molecular complexity index is 453. The van der Waals surface area contributed by atoms with Crippen LogP contribution in [0, 0.1) is 19.3 Å². The molecule has 0 spiro atoms. The van der Waals surface area contributed by atoms with Crippen molar-refractivity contribution >= 4 is 0 Å². The van der Waals surface area contributed by atoms with Crippen molar-refractivity contribution in [2.45, 2.75) is 53.1 Å². The van der Waals surface area contributed by atoms with Crippen LogP contribution in [0.1, 0.15) is 55.9 Å². The summed E-state index contributed by atoms with van der Waals surface area (Å²) >= 11 is 0. The highest BCUT2D eigenvalue weighted by molar-refractivity contribution is 5.31. The van der Waals surface area contributed by atoms with Crippen molar-refractivity contribution in [2.24, 2.45) is 5.41 Å². The highest BCUT2D eigenvalue weighted by Gasteiger charge is 2.24. The number of aliphatic hydroxyl groups excluding tert-OH is 1. The molecule has 1 atom stereocenters. The van der Waals surface area contributed by atoms with E-state index in [2.05, 4.69) is 50.8 Å². The van der Waals surface area contributed by atoms with Crippen LogP contribution >= 0.6 is 0 Å². The predicted octanol–water partition coefficient (Wildman–Crippen LogP) is 3.85. The van der Waals surface area contributed by atoms with Crippen LogP contribution in [0.4, 0.5) is 0 Å². The van der Waals surface area contributed by atoms with Crippen LogP contribution in [-0.2, 0) is 0 Å². The Morgan fingerprint density at radius 3 is 2.60 bits per heavy atom. The minimum absolute atomic E-state index is 0.365. The van der Waals surface area contributed by atoms with Gasteiger partial charge in [-0.2, -0.15) is 0 Å². The molecule has 1 aromatic carbocycles. The van der Waals surface area contributed by atoms with Gasteiger partial charge in [-0.05, 0) is 68.3 Å². The van der Waals surface area contributed by atoms with Gasteiger partial charge in [0.1, 0.15) is 0 Å². The number of hydrogen-bond donors (Lipinski definition) is 1. The lowest BCUT2D eigenvalue weighted by atomic mass is 9.85. The fourth-order valence-electron chi connectivity index (χ4n) is 2.98. The number of aliphatic hydroxyl groups is 1. The van der Waals surface area contributed by atoms with Gasteiger partial charge in [0.2, 0.25) is 0 Å². The van der Waals surface area contributed by atoms with Crippen LogP contribution in [0.2, 0.25) is 0 Å². The van der Waals surface area contributed by atoms with E-state index in [1.54, 1.807) is 0 Å². The first-order chi connectivity index (χ1) is 9.37. The topological polar surface area (TPSA) is 23.5 Å². The zero-order valence-electron chi connectivity index (χ0n) is 13.4. The Morgan fingerprint density at radius 1 is 1.15 bits per heavy atom. The molecular formula is C18H29NO. The molecule has 1 unspecified atom stereocenters. The third kappa shape index (κ3) is 4.07. The van der Waals surface area contributed by atoms with Crippen LogP contribution in [0.25, 0.3) is 0 Å². The van der Waals surface area contributed by atoms with E-state index >= 15 is 0 Å². The summed E-state index contributed by atoms with van der Waals surface area (Å²) in [6.45, 7) is 11.9. The number of nitrogens with zero attached hydrogens (tertiary/aromatic N) is 1. The van der Waals surface area contributed by atoms with Crippen molar-refractivity contribution in [3.8, 4) is 0 Å². The lowest BCUT2D eigenvalue weighted by molar-refractivity contribution is 0.113. The Balaban J connectivity index is 1.97. The Morgan fingerprint density at radius 2 is 1.90 bits per heavy atom. The van der Waals surface area contributed by atoms with E-state index in [0.29, 0.717) is 5.41 Å². The average molecular weight is 275 g/mol. The Labute approximate surface area is 123 Å². The summed E-state index contributed by atoms with van der Waals surface area (Å²) in [5, 5.41) is 10.5. The molecule has 0 aromatic heterocycles. The molecule has 0 radical (unpaired) electrons. The zero-order valence-corrected chi connectivity index (χ0v) is 13.4. The van der Waals surface area contributed by atoms with Gasteiger partial charge in [-0.3, -0.25) is 0 Å². The van der Waals surface area contributed by atoms with Crippen LogP contribution in [0.3, 0.4) is 0 Å². The third-order valence-electron chi connectivity index (χ3n) is 4.78. The maximum atomic E-state index is 10.5. The lowest BCUT2D eigenvalue weighted by Crippen LogP contribution is -2.30. The molecular weight excluding hydrogens is 246 g/mol. The number of hydrogen-bond acceptors (Lipinski definition) is 2. The molecule has 1 aromatic rings. The molecule has 1 aliphatic rings. The van der Waals surface area contributed by atoms with Gasteiger partial charge in [0, 0.05) is 6.54 Å². The molecule has 2 heteroatoms. The first-order valence-electron chi connectivity index (χ1n) is 7.85. The van der Waals surface area contributed by atoms with Gasteiger partial charge in [0.25, 0.3) is 0 Å². The van der Waals surface area contributed by atoms with Gasteiger partial charge in [0.15, 0.2) is 0 Å². The van der Waals surface area contributed by atoms with E-state index in [9.17, 15) is 5.11 Å². The Hall–Kier alpha value is -0.860. The third-order valence-corrected chi connectivity index (χ3v) is 4.78. The number of β-amino-alcohol motifs (C(OH)–C–C–N with tert-alkyl or cyclic N) is 1. The average Bonchev–Trinajstić information content (AvgIpc) is 2.54. The van der Waals surface area contributed by atoms with E-state index in [4.69, 9.17) is 0 Å². The van der Waals surface area contributed by atoms with Crippen LogP contribution in [0.15, 0.2) is 18.2 Å². The summed E-state index contributed by atoms with van der Waals surface area (Å²) < 4.78 is 0. The molecule has 0 amide bonds. The van der Waals surface area contributed by atoms with E-state index < -0.39 is 0 Å². The van der Waals surface area contributed by atoms with Crippen molar-refractivity contribution in [3.05, 3.63) is 34.9 Å². The second kappa shape index (κ2) is 6.28. The smallest absolute Gasteiger partial charge is 0.0917 e. The minimum Gasteiger partial charge on any atom is -0.387 e. The van der Waals surface area contributed by atoms with Crippen molar-refractivity contribution in [2.75, 3.05) is 19.6 Å². The molecule has 1 saturated heterocycles. The quantitative estimate of drug-likeness (QED) is 0.905. The highest BCUT2D eigenvalue weighted by Crippen LogP contribution is 2.30. The first-order valence-corrected chi connectivity index (χ1v) is 7.85. The Kier molecular flexibility index (Phi) is 4.87. The second-order valence-electron chi connectivity index (χ2n) is 7.18. The predicted molar refractivity (Wildman–Crippen MR) is 84.9 cm³/mol. The van der Waals surface area contributed by atoms with E-state index in [-0.39, 0.29) is 6.10 Å². The van der Waals surface area contributed by atoms with Gasteiger partial charge in [0.05, 0.1) is 6.10 Å². The number of aryl methyl sites for hydroxylation is 2. The van der Waals surface area contributed by atoms with Crippen molar-refractivity contribution in [1.82, 2.24) is 4.90 Å².